The number of anilines is 1. The number of benzene rings is 1. The van der Waals surface area contributed by atoms with Crippen LogP contribution in [-0.2, 0) is 4.79 Å². The number of hydrogen-bond acceptors (Lipinski definition) is 3. The van der Waals surface area contributed by atoms with Crippen LogP contribution in [0, 0.1) is 13.8 Å². The zero-order valence-corrected chi connectivity index (χ0v) is 9.73. The molecular weight excluding hydrogens is 204 g/mol. The van der Waals surface area contributed by atoms with Crippen LogP contribution in [0.4, 0.5) is 5.69 Å². The van der Waals surface area contributed by atoms with Crippen LogP contribution in [-0.4, -0.2) is 30.7 Å². The number of hydrogen-bond donors (Lipinski definition) is 2. The summed E-state index contributed by atoms with van der Waals surface area (Å²) in [7, 11) is 0. The quantitative estimate of drug-likeness (QED) is 0.784. The second kappa shape index (κ2) is 5.51. The van der Waals surface area contributed by atoms with E-state index in [1.165, 1.54) is 0 Å². The Labute approximate surface area is 95.7 Å². The lowest BCUT2D eigenvalue weighted by molar-refractivity contribution is -0.135. The lowest BCUT2D eigenvalue weighted by Crippen LogP contribution is -2.34. The topological polar surface area (TPSA) is 66.6 Å². The van der Waals surface area contributed by atoms with Gasteiger partial charge in [-0.1, -0.05) is 6.07 Å². The Hall–Kier alpha value is -1.55. The summed E-state index contributed by atoms with van der Waals surface area (Å²) in [4.78, 5) is 12.5. The highest BCUT2D eigenvalue weighted by atomic mass is 16.4. The average molecular weight is 222 g/mol. The Morgan fingerprint density at radius 3 is 2.31 bits per heavy atom. The van der Waals surface area contributed by atoms with Crippen LogP contribution < -0.4 is 10.6 Å². The third kappa shape index (κ3) is 3.55. The largest absolute Gasteiger partial charge is 0.480 e. The number of aryl methyl sites for hydroxylation is 2. The standard InChI is InChI=1S/C12H18N2O2/c1-9-5-10(2)7-11(6-9)14(4-3-13)8-12(15)16/h5-7H,3-4,8,13H2,1-2H3,(H,15,16). The number of rotatable bonds is 5. The van der Waals surface area contributed by atoms with E-state index in [2.05, 4.69) is 6.07 Å². The molecule has 0 heterocycles. The summed E-state index contributed by atoms with van der Waals surface area (Å²) in [6.45, 7) is 4.98. The summed E-state index contributed by atoms with van der Waals surface area (Å²) in [6, 6.07) is 6.02. The van der Waals surface area contributed by atoms with Gasteiger partial charge in [-0.05, 0) is 37.1 Å². The van der Waals surface area contributed by atoms with Gasteiger partial charge in [0.05, 0.1) is 0 Å². The number of carboxylic acid groups (broad SMARTS) is 1. The number of aliphatic carboxylic acids is 1. The van der Waals surface area contributed by atoms with Gasteiger partial charge in [0.15, 0.2) is 0 Å². The Morgan fingerprint density at radius 1 is 1.31 bits per heavy atom. The molecule has 0 aromatic heterocycles. The Balaban J connectivity index is 2.95. The minimum atomic E-state index is -0.840. The van der Waals surface area contributed by atoms with Gasteiger partial charge in [0, 0.05) is 18.8 Å². The molecule has 0 aliphatic rings. The van der Waals surface area contributed by atoms with Gasteiger partial charge in [-0.25, -0.2) is 0 Å². The fourth-order valence-electron chi connectivity index (χ4n) is 1.75. The van der Waals surface area contributed by atoms with Crippen LogP contribution in [0.1, 0.15) is 11.1 Å². The third-order valence-corrected chi connectivity index (χ3v) is 2.30. The van der Waals surface area contributed by atoms with E-state index in [-0.39, 0.29) is 6.54 Å². The van der Waals surface area contributed by atoms with Crippen LogP contribution in [0.5, 0.6) is 0 Å². The van der Waals surface area contributed by atoms with Crippen molar-refractivity contribution >= 4 is 11.7 Å². The van der Waals surface area contributed by atoms with Gasteiger partial charge in [0.2, 0.25) is 0 Å². The first-order valence-electron chi connectivity index (χ1n) is 5.28. The maximum atomic E-state index is 10.7. The van der Waals surface area contributed by atoms with E-state index >= 15 is 0 Å². The van der Waals surface area contributed by atoms with Crippen LogP contribution in [0.15, 0.2) is 18.2 Å². The van der Waals surface area contributed by atoms with Crippen molar-refractivity contribution in [2.75, 3.05) is 24.5 Å². The molecule has 0 unspecified atom stereocenters. The zero-order valence-electron chi connectivity index (χ0n) is 9.73. The van der Waals surface area contributed by atoms with Gasteiger partial charge in [-0.2, -0.15) is 0 Å². The lowest BCUT2D eigenvalue weighted by Gasteiger charge is -2.23. The fraction of sp³-hybridized carbons (Fsp3) is 0.417. The van der Waals surface area contributed by atoms with Crippen molar-refractivity contribution in [1.29, 1.82) is 0 Å². The van der Waals surface area contributed by atoms with Crippen molar-refractivity contribution in [3.8, 4) is 0 Å². The molecule has 88 valence electrons. The molecule has 0 saturated carbocycles. The highest BCUT2D eigenvalue weighted by Gasteiger charge is 2.10. The summed E-state index contributed by atoms with van der Waals surface area (Å²) in [5.74, 6) is -0.840. The molecule has 1 aromatic rings. The van der Waals surface area contributed by atoms with E-state index in [0.29, 0.717) is 13.1 Å². The summed E-state index contributed by atoms with van der Waals surface area (Å²) in [5.41, 5.74) is 8.66. The SMILES string of the molecule is Cc1cc(C)cc(N(CCN)CC(=O)O)c1. The fourth-order valence-corrected chi connectivity index (χ4v) is 1.75. The minimum absolute atomic E-state index is 0.0138. The van der Waals surface area contributed by atoms with Gasteiger partial charge < -0.3 is 15.7 Å². The molecule has 4 heteroatoms. The number of nitrogens with zero attached hydrogens (tertiary/aromatic N) is 1. The molecule has 1 aromatic carbocycles. The van der Waals surface area contributed by atoms with Crippen molar-refractivity contribution in [3.05, 3.63) is 29.3 Å². The van der Waals surface area contributed by atoms with Gasteiger partial charge in [-0.15, -0.1) is 0 Å². The molecule has 0 saturated heterocycles. The summed E-state index contributed by atoms with van der Waals surface area (Å²) in [6.07, 6.45) is 0. The second-order valence-corrected chi connectivity index (χ2v) is 3.95. The highest BCUT2D eigenvalue weighted by Crippen LogP contribution is 2.18. The van der Waals surface area contributed by atoms with E-state index < -0.39 is 5.97 Å². The monoisotopic (exact) mass is 222 g/mol. The lowest BCUT2D eigenvalue weighted by atomic mass is 10.1. The maximum Gasteiger partial charge on any atom is 0.323 e. The summed E-state index contributed by atoms with van der Waals surface area (Å²) >= 11 is 0. The first kappa shape index (κ1) is 12.5. The summed E-state index contributed by atoms with van der Waals surface area (Å²) < 4.78 is 0. The number of carbonyl (C=O) groups is 1. The zero-order chi connectivity index (χ0) is 12.1. The molecule has 16 heavy (non-hydrogen) atoms. The maximum absolute atomic E-state index is 10.7. The van der Waals surface area contributed by atoms with Crippen molar-refractivity contribution < 1.29 is 9.90 Å². The van der Waals surface area contributed by atoms with Crippen molar-refractivity contribution in [2.45, 2.75) is 13.8 Å². The second-order valence-electron chi connectivity index (χ2n) is 3.95. The van der Waals surface area contributed by atoms with E-state index in [9.17, 15) is 4.79 Å². The molecule has 0 bridgehead atoms. The van der Waals surface area contributed by atoms with Gasteiger partial charge in [0.25, 0.3) is 0 Å². The molecule has 0 atom stereocenters. The summed E-state index contributed by atoms with van der Waals surface area (Å²) in [5, 5.41) is 8.83. The van der Waals surface area contributed by atoms with Crippen LogP contribution in [0.2, 0.25) is 0 Å². The molecule has 4 nitrogen and oxygen atoms in total. The first-order chi connectivity index (χ1) is 7.52. The predicted molar refractivity (Wildman–Crippen MR) is 64.8 cm³/mol. The van der Waals surface area contributed by atoms with Crippen molar-refractivity contribution in [2.24, 2.45) is 5.73 Å². The number of nitrogens with two attached hydrogens (primary N) is 1. The van der Waals surface area contributed by atoms with E-state index in [4.69, 9.17) is 10.8 Å². The van der Waals surface area contributed by atoms with Crippen molar-refractivity contribution in [1.82, 2.24) is 0 Å². The average Bonchev–Trinajstić information content (AvgIpc) is 2.14. The molecule has 0 aliphatic heterocycles. The van der Waals surface area contributed by atoms with E-state index in [1.54, 1.807) is 4.90 Å². The Kier molecular flexibility index (Phi) is 4.31. The molecule has 0 aliphatic carbocycles. The molecule has 0 radical (unpaired) electrons. The minimum Gasteiger partial charge on any atom is -0.480 e. The highest BCUT2D eigenvalue weighted by molar-refractivity contribution is 5.74. The Bertz CT molecular complexity index is 357. The van der Waals surface area contributed by atoms with Crippen LogP contribution in [0.25, 0.3) is 0 Å². The number of carboxylic acids is 1. The molecule has 1 rings (SSSR count). The first-order valence-corrected chi connectivity index (χ1v) is 5.28. The van der Waals surface area contributed by atoms with E-state index in [0.717, 1.165) is 16.8 Å². The molecular formula is C12H18N2O2. The van der Waals surface area contributed by atoms with Gasteiger partial charge >= 0.3 is 5.97 Å². The smallest absolute Gasteiger partial charge is 0.323 e. The van der Waals surface area contributed by atoms with Crippen LogP contribution in [0.3, 0.4) is 0 Å². The van der Waals surface area contributed by atoms with Crippen molar-refractivity contribution in [3.63, 3.8) is 0 Å². The molecule has 0 fully saturated rings. The van der Waals surface area contributed by atoms with E-state index in [1.807, 2.05) is 26.0 Å². The normalized spacial score (nSPS) is 10.2. The molecule has 0 amide bonds. The van der Waals surface area contributed by atoms with Crippen LogP contribution >= 0.6 is 0 Å². The predicted octanol–water partition coefficient (Wildman–Crippen LogP) is 1.15. The van der Waals surface area contributed by atoms with Gasteiger partial charge in [-0.3, -0.25) is 4.79 Å². The Morgan fingerprint density at radius 2 is 1.88 bits per heavy atom. The molecule has 3 N–H and O–H groups in total. The van der Waals surface area contributed by atoms with Gasteiger partial charge in [0.1, 0.15) is 6.54 Å². The molecule has 0 spiro atoms. The third-order valence-electron chi connectivity index (χ3n) is 2.30.